The molecule has 1 saturated carbocycles. The molecule has 1 N–H and O–H groups in total. The number of hydrogen-bond acceptors (Lipinski definition) is 6. The molecule has 4 aromatic rings. The molecule has 14 heteroatoms. The van der Waals surface area contributed by atoms with Gasteiger partial charge in [-0.15, -0.1) is 11.8 Å². The molecule has 1 fully saturated rings. The first kappa shape index (κ1) is 31.1. The van der Waals surface area contributed by atoms with Crippen LogP contribution in [0.2, 0.25) is 10.0 Å². The second kappa shape index (κ2) is 12.3. The first-order valence-electron chi connectivity index (χ1n) is 13.0. The molecule has 1 aromatic heterocycles. The summed E-state index contributed by atoms with van der Waals surface area (Å²) in [7, 11) is 0. The van der Waals surface area contributed by atoms with Crippen molar-refractivity contribution in [1.29, 1.82) is 0 Å². The molecule has 226 valence electrons. The molecule has 5 rings (SSSR count). The average molecular weight is 657 g/mol. The maximum absolute atomic E-state index is 14.3. The van der Waals surface area contributed by atoms with Crippen LogP contribution in [-0.4, -0.2) is 41.1 Å². The van der Waals surface area contributed by atoms with E-state index >= 15 is 0 Å². The molecule has 0 aliphatic heterocycles. The van der Waals surface area contributed by atoms with Crippen molar-refractivity contribution in [3.05, 3.63) is 87.7 Å². The Morgan fingerprint density at radius 3 is 2.33 bits per heavy atom. The molecular weight excluding hydrogens is 634 g/mol. The number of hydrogen-bond donors (Lipinski definition) is 1. The fourth-order valence-electron chi connectivity index (χ4n) is 4.75. The largest absolute Gasteiger partial charge is 0.405 e. The van der Waals surface area contributed by atoms with E-state index in [4.69, 9.17) is 27.7 Å². The average Bonchev–Trinajstić information content (AvgIpc) is 3.55. The highest BCUT2D eigenvalue weighted by Crippen LogP contribution is 2.57. The maximum Gasteiger partial charge on any atom is 0.405 e. The Balaban J connectivity index is 1.34. The number of aromatic nitrogens is 2. The van der Waals surface area contributed by atoms with E-state index in [1.165, 1.54) is 18.2 Å². The second-order valence-corrected chi connectivity index (χ2v) is 12.0. The molecule has 0 spiro atoms. The molecule has 1 aliphatic rings. The Morgan fingerprint density at radius 1 is 1.07 bits per heavy atom. The fourth-order valence-corrected chi connectivity index (χ4v) is 6.26. The molecule has 1 heterocycles. The van der Waals surface area contributed by atoms with Gasteiger partial charge in [0.05, 0.1) is 17.5 Å². The highest BCUT2D eigenvalue weighted by atomic mass is 35.5. The van der Waals surface area contributed by atoms with Crippen molar-refractivity contribution in [1.82, 2.24) is 10.1 Å². The van der Waals surface area contributed by atoms with Crippen LogP contribution in [0.25, 0.3) is 11.5 Å². The van der Waals surface area contributed by atoms with Crippen LogP contribution in [0.3, 0.4) is 0 Å². The first-order chi connectivity index (χ1) is 20.4. The third-order valence-corrected chi connectivity index (χ3v) is 8.28. The van der Waals surface area contributed by atoms with Crippen LogP contribution in [0, 0.1) is 11.6 Å². The van der Waals surface area contributed by atoms with Gasteiger partial charge in [-0.05, 0) is 67.1 Å². The van der Waals surface area contributed by atoms with Crippen molar-refractivity contribution in [3.8, 4) is 11.5 Å². The SMILES string of the molecule is CCSc1ccc(N(CC(=O)Nc2cc(Cl)c(C3(c4noc(-c5ccc(F)cc5F)n4)CC3)c(Cl)c2)CC(F)(F)F)cc1. The summed E-state index contributed by atoms with van der Waals surface area (Å²) in [6, 6.07) is 12.3. The van der Waals surface area contributed by atoms with Gasteiger partial charge >= 0.3 is 6.18 Å². The lowest BCUT2D eigenvalue weighted by Crippen LogP contribution is -2.39. The summed E-state index contributed by atoms with van der Waals surface area (Å²) in [6.07, 6.45) is -3.45. The van der Waals surface area contributed by atoms with Crippen molar-refractivity contribution in [2.24, 2.45) is 0 Å². The van der Waals surface area contributed by atoms with Crippen molar-refractivity contribution >= 4 is 52.2 Å². The number of rotatable bonds is 10. The zero-order valence-electron chi connectivity index (χ0n) is 22.4. The third-order valence-electron chi connectivity index (χ3n) is 6.79. The number of benzene rings is 3. The van der Waals surface area contributed by atoms with Gasteiger partial charge in [0.15, 0.2) is 5.82 Å². The number of amides is 1. The minimum absolute atomic E-state index is 0.0680. The summed E-state index contributed by atoms with van der Waals surface area (Å²) < 4.78 is 72.9. The van der Waals surface area contributed by atoms with Gasteiger partial charge < -0.3 is 14.7 Å². The van der Waals surface area contributed by atoms with E-state index in [-0.39, 0.29) is 38.7 Å². The van der Waals surface area contributed by atoms with Crippen molar-refractivity contribution in [3.63, 3.8) is 0 Å². The van der Waals surface area contributed by atoms with Gasteiger partial charge in [-0.3, -0.25) is 4.79 Å². The normalized spacial score (nSPS) is 14.0. The maximum atomic E-state index is 14.3. The number of nitrogens with zero attached hydrogens (tertiary/aromatic N) is 3. The van der Waals surface area contributed by atoms with E-state index < -0.39 is 42.2 Å². The first-order valence-corrected chi connectivity index (χ1v) is 14.8. The standard InChI is InChI=1S/C29H23Cl2F5N4O2S/c1-2-43-19-6-4-18(5-7-19)40(15-29(34,35)36)14-24(41)37-17-12-21(30)25(22(31)13-17)28(9-10-28)27-38-26(42-39-27)20-8-3-16(32)11-23(20)33/h3-8,11-13H,2,9-10,14-15H2,1H3,(H,37,41). The van der Waals surface area contributed by atoms with Crippen LogP contribution in [0.4, 0.5) is 33.3 Å². The van der Waals surface area contributed by atoms with Gasteiger partial charge in [0.1, 0.15) is 18.2 Å². The fraction of sp³-hybridized carbons (Fsp3) is 0.276. The second-order valence-electron chi connectivity index (χ2n) is 9.89. The van der Waals surface area contributed by atoms with Crippen LogP contribution in [0.1, 0.15) is 31.2 Å². The van der Waals surface area contributed by atoms with Crippen LogP contribution >= 0.6 is 35.0 Å². The summed E-state index contributed by atoms with van der Waals surface area (Å²) in [6.45, 7) is 0.0677. The highest BCUT2D eigenvalue weighted by molar-refractivity contribution is 7.99. The predicted molar refractivity (Wildman–Crippen MR) is 156 cm³/mol. The zero-order valence-corrected chi connectivity index (χ0v) is 24.8. The molecule has 6 nitrogen and oxygen atoms in total. The number of carbonyl (C=O) groups excluding carboxylic acids is 1. The van der Waals surface area contributed by atoms with Crippen LogP contribution in [-0.2, 0) is 10.2 Å². The van der Waals surface area contributed by atoms with E-state index in [1.807, 2.05) is 6.92 Å². The molecule has 1 aliphatic carbocycles. The molecule has 0 radical (unpaired) electrons. The summed E-state index contributed by atoms with van der Waals surface area (Å²) in [5, 5.41) is 6.89. The Morgan fingerprint density at radius 2 is 1.74 bits per heavy atom. The minimum Gasteiger partial charge on any atom is -0.353 e. The number of carbonyl (C=O) groups is 1. The van der Waals surface area contributed by atoms with Gasteiger partial charge in [-0.2, -0.15) is 18.2 Å². The molecule has 43 heavy (non-hydrogen) atoms. The predicted octanol–water partition coefficient (Wildman–Crippen LogP) is 8.52. The molecule has 0 unspecified atom stereocenters. The topological polar surface area (TPSA) is 71.3 Å². The highest BCUT2D eigenvalue weighted by Gasteiger charge is 2.52. The van der Waals surface area contributed by atoms with E-state index in [1.54, 1.807) is 36.0 Å². The number of thioether (sulfide) groups is 1. The Kier molecular flexibility index (Phi) is 8.92. The molecule has 1 amide bonds. The molecule has 0 atom stereocenters. The van der Waals surface area contributed by atoms with Crippen LogP contribution in [0.15, 0.2) is 64.0 Å². The monoisotopic (exact) mass is 656 g/mol. The van der Waals surface area contributed by atoms with E-state index in [2.05, 4.69) is 15.5 Å². The van der Waals surface area contributed by atoms with Gasteiger partial charge in [-0.25, -0.2) is 8.78 Å². The van der Waals surface area contributed by atoms with Gasteiger partial charge in [0.2, 0.25) is 5.91 Å². The van der Waals surface area contributed by atoms with Crippen molar-refractivity contribution < 1.29 is 31.3 Å². The number of nitrogens with one attached hydrogen (secondary N) is 1. The van der Waals surface area contributed by atoms with Crippen LogP contribution < -0.4 is 10.2 Å². The molecular formula is C29H23Cl2F5N4O2S. The summed E-state index contributed by atoms with van der Waals surface area (Å²) >= 11 is 14.8. The lowest BCUT2D eigenvalue weighted by atomic mass is 9.94. The Labute approximate surface area is 257 Å². The summed E-state index contributed by atoms with van der Waals surface area (Å²) in [5.74, 6) is -1.45. The van der Waals surface area contributed by atoms with Crippen LogP contribution in [0.5, 0.6) is 0 Å². The Hall–Kier alpha value is -3.35. The number of anilines is 2. The smallest absolute Gasteiger partial charge is 0.353 e. The zero-order chi connectivity index (χ0) is 30.9. The van der Waals surface area contributed by atoms with Gasteiger partial charge in [0, 0.05) is 37.9 Å². The third kappa shape index (κ3) is 7.08. The number of alkyl halides is 3. The van der Waals surface area contributed by atoms with Crippen molar-refractivity contribution in [2.75, 3.05) is 29.1 Å². The van der Waals surface area contributed by atoms with E-state index in [9.17, 15) is 26.7 Å². The van der Waals surface area contributed by atoms with Crippen molar-refractivity contribution in [2.45, 2.75) is 36.3 Å². The minimum atomic E-state index is -4.54. The van der Waals surface area contributed by atoms with Gasteiger partial charge in [0.25, 0.3) is 5.89 Å². The quantitative estimate of drug-likeness (QED) is 0.136. The van der Waals surface area contributed by atoms with E-state index in [0.29, 0.717) is 24.5 Å². The molecule has 0 bridgehead atoms. The Bertz CT molecular complexity index is 1620. The van der Waals surface area contributed by atoms with Gasteiger partial charge in [-0.1, -0.05) is 35.3 Å². The number of halogens is 7. The molecule has 3 aromatic carbocycles. The summed E-state index contributed by atoms with van der Waals surface area (Å²) in [4.78, 5) is 19.0. The lowest BCUT2D eigenvalue weighted by molar-refractivity contribution is -0.122. The summed E-state index contributed by atoms with van der Waals surface area (Å²) in [5.41, 5.74) is -0.00907. The molecule has 0 saturated heterocycles. The van der Waals surface area contributed by atoms with E-state index in [0.717, 1.165) is 21.6 Å². The lowest BCUT2D eigenvalue weighted by Gasteiger charge is -2.25.